The Morgan fingerprint density at radius 1 is 1.26 bits per heavy atom. The van der Waals surface area contributed by atoms with Crippen LogP contribution in [0, 0.1) is 0 Å². The van der Waals surface area contributed by atoms with Crippen molar-refractivity contribution in [3.63, 3.8) is 0 Å². The van der Waals surface area contributed by atoms with Gasteiger partial charge in [0.2, 0.25) is 11.1 Å². The molecule has 2 aromatic heterocycles. The summed E-state index contributed by atoms with van der Waals surface area (Å²) >= 11 is 3.65. The first-order chi connectivity index (χ1) is 18.6. The number of thiazole rings is 1. The summed E-state index contributed by atoms with van der Waals surface area (Å²) in [6.45, 7) is 0. The number of β-lactam (4-membered cyclic amide) rings is 1. The maximum Gasteiger partial charge on any atom is 0.352 e. The number of thioether (sulfide) groups is 2. The number of hydrogen-bond donors (Lipinski definition) is 3. The molecule has 2 atom stereocenters. The van der Waals surface area contributed by atoms with Crippen molar-refractivity contribution in [3.05, 3.63) is 52.7 Å². The molecule has 2 aliphatic heterocycles. The molecular formula is C21H20N8O6S4. The van der Waals surface area contributed by atoms with E-state index in [0.29, 0.717) is 22.2 Å². The summed E-state index contributed by atoms with van der Waals surface area (Å²) in [5, 5.41) is 25.2. The predicted molar refractivity (Wildman–Crippen MR) is 142 cm³/mol. The van der Waals surface area contributed by atoms with Crippen LogP contribution in [0.3, 0.4) is 0 Å². The van der Waals surface area contributed by atoms with Gasteiger partial charge < -0.3 is 10.4 Å². The molecule has 39 heavy (non-hydrogen) atoms. The molecule has 18 heteroatoms. The van der Waals surface area contributed by atoms with Crippen LogP contribution in [0.25, 0.3) is 0 Å². The Morgan fingerprint density at radius 2 is 2.03 bits per heavy atom. The first-order valence-corrected chi connectivity index (χ1v) is 15.6. The zero-order valence-electron chi connectivity index (χ0n) is 20.0. The number of nitrogens with one attached hydrogen (secondary N) is 2. The van der Waals surface area contributed by atoms with Gasteiger partial charge in [0, 0.05) is 23.9 Å². The number of aliphatic carboxylic acids is 1. The largest absolute Gasteiger partial charge is 0.477 e. The molecule has 0 radical (unpaired) electrons. The Labute approximate surface area is 234 Å². The average Bonchev–Trinajstić information content (AvgIpc) is 3.53. The Balaban J connectivity index is 1.20. The summed E-state index contributed by atoms with van der Waals surface area (Å²) in [6, 6.07) is 6.93. The van der Waals surface area contributed by atoms with Gasteiger partial charge in [0.05, 0.1) is 17.0 Å². The van der Waals surface area contributed by atoms with E-state index in [0.717, 1.165) is 11.3 Å². The molecular weight excluding hydrogens is 589 g/mol. The highest BCUT2D eigenvalue weighted by Gasteiger charge is 2.54. The topological polar surface area (TPSA) is 189 Å². The number of tetrazole rings is 1. The number of carboxylic acids is 1. The molecule has 204 valence electrons. The van der Waals surface area contributed by atoms with Crippen LogP contribution in [0.4, 0.5) is 5.13 Å². The number of fused-ring (bicyclic) bond motifs is 1. The van der Waals surface area contributed by atoms with E-state index in [-0.39, 0.29) is 27.9 Å². The van der Waals surface area contributed by atoms with Gasteiger partial charge in [0.1, 0.15) is 17.1 Å². The summed E-state index contributed by atoms with van der Waals surface area (Å²) in [4.78, 5) is 43.1. The lowest BCUT2D eigenvalue weighted by Crippen LogP contribution is -2.70. The number of rotatable bonds is 10. The van der Waals surface area contributed by atoms with Crippen molar-refractivity contribution in [1.29, 1.82) is 0 Å². The second-order valence-corrected chi connectivity index (χ2v) is 12.9. The first-order valence-electron chi connectivity index (χ1n) is 11.2. The minimum absolute atomic E-state index is 0.0831. The van der Waals surface area contributed by atoms with Gasteiger partial charge in [0.15, 0.2) is 5.13 Å². The molecule has 14 nitrogen and oxygen atoms in total. The number of nitrogens with zero attached hydrogens (tertiary/aromatic N) is 6. The number of aryl methyl sites for hydroxylation is 1. The molecule has 1 unspecified atom stereocenters. The highest BCUT2D eigenvalue weighted by molar-refractivity contribution is 8.01. The van der Waals surface area contributed by atoms with Gasteiger partial charge in [-0.25, -0.2) is 22.9 Å². The van der Waals surface area contributed by atoms with E-state index in [1.807, 2.05) is 0 Å². The standard InChI is InChI=1S/C21H20N8O6S4/c1-28-21(24-26-27-28)38-9-11-8-36-18-15(17(31)29(18)16(11)19(32)33)23-14(30)7-12-10-37-20(22-12)25-39(34,35)13-5-3-2-4-6-13/h2-6,10,15,18H,7-9H2,1H3,(H,22,25)(H,23,30)(H,32,33)/t15?,18-/m0/s1. The van der Waals surface area contributed by atoms with E-state index in [2.05, 4.69) is 30.5 Å². The van der Waals surface area contributed by atoms with Crippen LogP contribution in [0.15, 0.2) is 57.0 Å². The fourth-order valence-corrected chi connectivity index (χ4v) is 8.21. The summed E-state index contributed by atoms with van der Waals surface area (Å²) in [7, 11) is -2.15. The summed E-state index contributed by atoms with van der Waals surface area (Å²) in [6.07, 6.45) is -0.181. The zero-order chi connectivity index (χ0) is 27.7. The maximum atomic E-state index is 12.9. The van der Waals surface area contributed by atoms with Gasteiger partial charge >= 0.3 is 5.97 Å². The molecule has 2 amide bonds. The monoisotopic (exact) mass is 608 g/mol. The number of sulfonamides is 1. The van der Waals surface area contributed by atoms with Gasteiger partial charge in [-0.2, -0.15) is 0 Å². The predicted octanol–water partition coefficient (Wildman–Crippen LogP) is 0.541. The lowest BCUT2D eigenvalue weighted by molar-refractivity contribution is -0.150. The number of benzene rings is 1. The van der Waals surface area contributed by atoms with E-state index >= 15 is 0 Å². The molecule has 0 spiro atoms. The smallest absolute Gasteiger partial charge is 0.352 e. The highest BCUT2D eigenvalue weighted by atomic mass is 32.2. The van der Waals surface area contributed by atoms with Crippen molar-refractivity contribution < 1.29 is 27.9 Å². The van der Waals surface area contributed by atoms with Crippen molar-refractivity contribution in [2.45, 2.75) is 27.9 Å². The number of amides is 2. The third-order valence-electron chi connectivity index (χ3n) is 5.69. The maximum absolute atomic E-state index is 12.9. The van der Waals surface area contributed by atoms with Crippen LogP contribution in [0.1, 0.15) is 5.69 Å². The van der Waals surface area contributed by atoms with Crippen molar-refractivity contribution >= 4 is 67.8 Å². The molecule has 1 aromatic carbocycles. The SMILES string of the molecule is Cn1nnnc1SCC1=C(C(=O)O)N2C(=O)C(NC(=O)Cc3csc(NS(=O)(=O)c4ccccc4)n3)[C@@H]2SC1. The Morgan fingerprint density at radius 3 is 2.72 bits per heavy atom. The average molecular weight is 609 g/mol. The quantitative estimate of drug-likeness (QED) is 0.214. The molecule has 5 rings (SSSR count). The van der Waals surface area contributed by atoms with Crippen LogP contribution in [-0.4, -0.2) is 84.3 Å². The Hall–Kier alpha value is -3.48. The van der Waals surface area contributed by atoms with Crippen LogP contribution < -0.4 is 10.0 Å². The van der Waals surface area contributed by atoms with Gasteiger partial charge in [-0.15, -0.1) is 28.2 Å². The van der Waals surface area contributed by atoms with E-state index in [9.17, 15) is 27.9 Å². The van der Waals surface area contributed by atoms with Gasteiger partial charge in [-0.3, -0.25) is 19.2 Å². The Kier molecular flexibility index (Phi) is 7.61. The van der Waals surface area contributed by atoms with Crippen molar-refractivity contribution in [2.75, 3.05) is 16.2 Å². The Bertz CT molecular complexity index is 1570. The molecule has 0 bridgehead atoms. The number of carbonyl (C=O) groups is 3. The third-order valence-corrected chi connectivity index (χ3v) is 10.4. The van der Waals surface area contributed by atoms with Crippen molar-refractivity contribution in [2.24, 2.45) is 7.05 Å². The normalized spacial score (nSPS) is 18.9. The second-order valence-electron chi connectivity index (χ2n) is 8.33. The third kappa shape index (κ3) is 5.63. The number of carbonyl (C=O) groups excluding carboxylic acids is 2. The van der Waals surface area contributed by atoms with E-state index in [4.69, 9.17) is 0 Å². The van der Waals surface area contributed by atoms with E-state index in [1.54, 1.807) is 30.6 Å². The van der Waals surface area contributed by atoms with Crippen LogP contribution >= 0.6 is 34.9 Å². The van der Waals surface area contributed by atoms with Crippen LogP contribution in [-0.2, 0) is 37.9 Å². The van der Waals surface area contributed by atoms with Crippen LogP contribution in [0.5, 0.6) is 0 Å². The van der Waals surface area contributed by atoms with Crippen molar-refractivity contribution in [3.8, 4) is 0 Å². The molecule has 3 N–H and O–H groups in total. The van der Waals surface area contributed by atoms with Gasteiger partial charge in [-0.05, 0) is 28.1 Å². The molecule has 2 aliphatic rings. The highest BCUT2D eigenvalue weighted by Crippen LogP contribution is 2.41. The zero-order valence-corrected chi connectivity index (χ0v) is 23.3. The fourth-order valence-electron chi connectivity index (χ4n) is 3.89. The summed E-state index contributed by atoms with van der Waals surface area (Å²) < 4.78 is 28.8. The molecule has 1 fully saturated rings. The number of carboxylic acid groups (broad SMARTS) is 1. The van der Waals surface area contributed by atoms with Gasteiger partial charge in [0.25, 0.3) is 15.9 Å². The second kappa shape index (κ2) is 10.9. The number of aromatic nitrogens is 5. The number of hydrogen-bond acceptors (Lipinski definition) is 12. The number of anilines is 1. The molecule has 3 aromatic rings. The molecule has 1 saturated heterocycles. The summed E-state index contributed by atoms with van der Waals surface area (Å²) in [5.41, 5.74) is 0.793. The molecule has 4 heterocycles. The minimum atomic E-state index is -3.82. The summed E-state index contributed by atoms with van der Waals surface area (Å²) in [5.74, 6) is -1.59. The van der Waals surface area contributed by atoms with Gasteiger partial charge in [-0.1, -0.05) is 30.0 Å². The van der Waals surface area contributed by atoms with E-state index < -0.39 is 39.2 Å². The lowest BCUT2D eigenvalue weighted by atomic mass is 10.0. The van der Waals surface area contributed by atoms with Crippen molar-refractivity contribution in [1.82, 2.24) is 35.4 Å². The minimum Gasteiger partial charge on any atom is -0.477 e. The van der Waals surface area contributed by atoms with E-state index in [1.165, 1.54) is 45.2 Å². The van der Waals surface area contributed by atoms with Crippen LogP contribution in [0.2, 0.25) is 0 Å². The fraction of sp³-hybridized carbons (Fsp3) is 0.286. The molecule has 0 aliphatic carbocycles. The lowest BCUT2D eigenvalue weighted by Gasteiger charge is -2.49. The molecule has 0 saturated carbocycles. The first kappa shape index (κ1) is 27.1.